The third-order valence-electron chi connectivity index (χ3n) is 4.44. The Morgan fingerprint density at radius 3 is 2.80 bits per heavy atom. The number of anilines is 1. The number of ether oxygens (including phenoxy) is 1. The standard InChI is InChI=1S/C20H24N4O/c1-14-11-20(22-19-8-6-5-7-18(14)19)23-21-13-17-12-15(2)24(16(17)3)9-10-25-4/h5-8,11-13H,9-10H2,1-4H3,(H,22,23). The van der Waals surface area contributed by atoms with Gasteiger partial charge in [-0.05, 0) is 44.5 Å². The number of benzene rings is 1. The van der Waals surface area contributed by atoms with Crippen molar-refractivity contribution in [2.24, 2.45) is 5.10 Å². The van der Waals surface area contributed by atoms with Crippen molar-refractivity contribution in [1.82, 2.24) is 9.55 Å². The maximum Gasteiger partial charge on any atom is 0.147 e. The van der Waals surface area contributed by atoms with Gasteiger partial charge in [0.15, 0.2) is 0 Å². The summed E-state index contributed by atoms with van der Waals surface area (Å²) in [6, 6.07) is 12.3. The Morgan fingerprint density at radius 2 is 2.00 bits per heavy atom. The molecule has 0 aliphatic carbocycles. The van der Waals surface area contributed by atoms with E-state index in [-0.39, 0.29) is 0 Å². The van der Waals surface area contributed by atoms with Crippen LogP contribution in [0.5, 0.6) is 0 Å². The average Bonchev–Trinajstić information content (AvgIpc) is 2.87. The van der Waals surface area contributed by atoms with Gasteiger partial charge in [0.25, 0.3) is 0 Å². The monoisotopic (exact) mass is 336 g/mol. The van der Waals surface area contributed by atoms with E-state index < -0.39 is 0 Å². The van der Waals surface area contributed by atoms with Gasteiger partial charge in [0, 0.05) is 36.0 Å². The van der Waals surface area contributed by atoms with Gasteiger partial charge in [-0.1, -0.05) is 18.2 Å². The molecular formula is C20H24N4O. The number of fused-ring (bicyclic) bond motifs is 1. The minimum absolute atomic E-state index is 0.700. The van der Waals surface area contributed by atoms with E-state index in [1.165, 1.54) is 22.3 Å². The van der Waals surface area contributed by atoms with Crippen LogP contribution in [0.4, 0.5) is 5.82 Å². The van der Waals surface area contributed by atoms with E-state index in [0.717, 1.165) is 23.4 Å². The smallest absolute Gasteiger partial charge is 0.147 e. The molecular weight excluding hydrogens is 312 g/mol. The van der Waals surface area contributed by atoms with Gasteiger partial charge in [0.1, 0.15) is 5.82 Å². The number of aryl methyl sites for hydroxylation is 2. The van der Waals surface area contributed by atoms with Crippen LogP contribution in [0, 0.1) is 20.8 Å². The van der Waals surface area contributed by atoms with Gasteiger partial charge in [-0.3, -0.25) is 5.43 Å². The van der Waals surface area contributed by atoms with Crippen LogP contribution in [0.3, 0.4) is 0 Å². The van der Waals surface area contributed by atoms with Gasteiger partial charge in [-0.25, -0.2) is 4.98 Å². The van der Waals surface area contributed by atoms with Crippen LogP contribution in [0.2, 0.25) is 0 Å². The summed E-state index contributed by atoms with van der Waals surface area (Å²) in [7, 11) is 1.72. The van der Waals surface area contributed by atoms with Gasteiger partial charge in [-0.2, -0.15) is 5.10 Å². The lowest BCUT2D eigenvalue weighted by Crippen LogP contribution is -2.07. The highest BCUT2D eigenvalue weighted by Crippen LogP contribution is 2.20. The molecule has 0 aliphatic rings. The Hall–Kier alpha value is -2.66. The number of rotatable bonds is 6. The molecule has 130 valence electrons. The summed E-state index contributed by atoms with van der Waals surface area (Å²) in [6.45, 7) is 7.83. The first-order chi connectivity index (χ1) is 12.1. The zero-order valence-electron chi connectivity index (χ0n) is 15.2. The molecule has 1 aromatic carbocycles. The summed E-state index contributed by atoms with van der Waals surface area (Å²) in [6.07, 6.45) is 1.85. The Kier molecular flexibility index (Phi) is 5.14. The number of methoxy groups -OCH3 is 1. The number of hydrogen-bond acceptors (Lipinski definition) is 4. The fraction of sp³-hybridized carbons (Fsp3) is 0.300. The van der Waals surface area contributed by atoms with E-state index in [1.807, 2.05) is 30.5 Å². The molecule has 0 saturated carbocycles. The van der Waals surface area contributed by atoms with Crippen molar-refractivity contribution in [3.63, 3.8) is 0 Å². The van der Waals surface area contributed by atoms with E-state index in [4.69, 9.17) is 4.74 Å². The number of hydrazone groups is 1. The largest absolute Gasteiger partial charge is 0.383 e. The van der Waals surface area contributed by atoms with E-state index in [9.17, 15) is 0 Å². The van der Waals surface area contributed by atoms with Crippen molar-refractivity contribution in [1.29, 1.82) is 0 Å². The molecule has 2 heterocycles. The molecule has 0 aliphatic heterocycles. The third-order valence-corrected chi connectivity index (χ3v) is 4.44. The molecule has 0 atom stereocenters. The average molecular weight is 336 g/mol. The van der Waals surface area contributed by atoms with E-state index in [2.05, 4.69) is 53.0 Å². The zero-order chi connectivity index (χ0) is 17.8. The summed E-state index contributed by atoms with van der Waals surface area (Å²) in [4.78, 5) is 4.61. The fourth-order valence-corrected chi connectivity index (χ4v) is 3.06. The topological polar surface area (TPSA) is 51.4 Å². The second kappa shape index (κ2) is 7.49. The molecule has 0 spiro atoms. The maximum atomic E-state index is 5.18. The first-order valence-corrected chi connectivity index (χ1v) is 8.41. The van der Waals surface area contributed by atoms with Gasteiger partial charge in [0.2, 0.25) is 0 Å². The molecule has 0 unspecified atom stereocenters. The fourth-order valence-electron chi connectivity index (χ4n) is 3.06. The maximum absolute atomic E-state index is 5.18. The molecule has 0 saturated heterocycles. The predicted octanol–water partition coefficient (Wildman–Crippen LogP) is 4.05. The lowest BCUT2D eigenvalue weighted by molar-refractivity contribution is 0.186. The molecule has 0 amide bonds. The van der Waals surface area contributed by atoms with Crippen LogP contribution in [-0.4, -0.2) is 29.5 Å². The first kappa shape index (κ1) is 17.2. The Balaban J connectivity index is 1.77. The highest BCUT2D eigenvalue weighted by molar-refractivity contribution is 5.84. The number of para-hydroxylation sites is 1. The molecule has 0 fully saturated rings. The predicted molar refractivity (Wildman–Crippen MR) is 103 cm³/mol. The van der Waals surface area contributed by atoms with Gasteiger partial charge in [0.05, 0.1) is 18.3 Å². The molecule has 2 aromatic heterocycles. The molecule has 0 bridgehead atoms. The Labute approximate surface area is 148 Å². The van der Waals surface area contributed by atoms with Crippen LogP contribution in [-0.2, 0) is 11.3 Å². The van der Waals surface area contributed by atoms with E-state index in [0.29, 0.717) is 6.61 Å². The van der Waals surface area contributed by atoms with Crippen molar-refractivity contribution < 1.29 is 4.74 Å². The lowest BCUT2D eigenvalue weighted by atomic mass is 10.1. The van der Waals surface area contributed by atoms with Crippen molar-refractivity contribution in [2.45, 2.75) is 27.3 Å². The van der Waals surface area contributed by atoms with Crippen LogP contribution in [0.1, 0.15) is 22.5 Å². The quantitative estimate of drug-likeness (QED) is 0.546. The number of pyridine rings is 1. The molecule has 3 rings (SSSR count). The van der Waals surface area contributed by atoms with Crippen LogP contribution in [0.15, 0.2) is 41.5 Å². The van der Waals surface area contributed by atoms with Gasteiger partial charge in [-0.15, -0.1) is 0 Å². The summed E-state index contributed by atoms with van der Waals surface area (Å²) >= 11 is 0. The molecule has 25 heavy (non-hydrogen) atoms. The Bertz CT molecular complexity index is 911. The van der Waals surface area contributed by atoms with Gasteiger partial charge < -0.3 is 9.30 Å². The van der Waals surface area contributed by atoms with Crippen molar-refractivity contribution in [3.05, 3.63) is 58.9 Å². The van der Waals surface area contributed by atoms with Crippen molar-refractivity contribution in [2.75, 3.05) is 19.1 Å². The highest BCUT2D eigenvalue weighted by Gasteiger charge is 2.07. The highest BCUT2D eigenvalue weighted by atomic mass is 16.5. The number of aromatic nitrogens is 2. The molecule has 5 nitrogen and oxygen atoms in total. The second-order valence-corrected chi connectivity index (χ2v) is 6.18. The number of nitrogens with one attached hydrogen (secondary N) is 1. The van der Waals surface area contributed by atoms with Gasteiger partial charge >= 0.3 is 0 Å². The summed E-state index contributed by atoms with van der Waals surface area (Å²) in [5, 5.41) is 5.54. The molecule has 1 N–H and O–H groups in total. The molecule has 5 heteroatoms. The third kappa shape index (κ3) is 3.72. The van der Waals surface area contributed by atoms with E-state index >= 15 is 0 Å². The normalized spacial score (nSPS) is 11.5. The number of hydrogen-bond donors (Lipinski definition) is 1. The molecule has 0 radical (unpaired) electrons. The zero-order valence-corrected chi connectivity index (χ0v) is 15.2. The molecule has 3 aromatic rings. The minimum atomic E-state index is 0.700. The lowest BCUT2D eigenvalue weighted by Gasteiger charge is -2.08. The van der Waals surface area contributed by atoms with Crippen molar-refractivity contribution in [3.8, 4) is 0 Å². The second-order valence-electron chi connectivity index (χ2n) is 6.18. The minimum Gasteiger partial charge on any atom is -0.383 e. The number of nitrogens with zero attached hydrogens (tertiary/aromatic N) is 3. The first-order valence-electron chi connectivity index (χ1n) is 8.41. The van der Waals surface area contributed by atoms with Crippen LogP contribution < -0.4 is 5.43 Å². The van der Waals surface area contributed by atoms with E-state index in [1.54, 1.807) is 7.11 Å². The summed E-state index contributed by atoms with van der Waals surface area (Å²) in [5.41, 5.74) is 8.68. The summed E-state index contributed by atoms with van der Waals surface area (Å²) in [5.74, 6) is 0.751. The van der Waals surface area contributed by atoms with Crippen LogP contribution >= 0.6 is 0 Å². The SMILES string of the molecule is COCCn1c(C)cc(C=NNc2cc(C)c3ccccc3n2)c1C. The van der Waals surface area contributed by atoms with Crippen molar-refractivity contribution >= 4 is 22.9 Å². The van der Waals surface area contributed by atoms with Crippen LogP contribution in [0.25, 0.3) is 10.9 Å². The Morgan fingerprint density at radius 1 is 1.20 bits per heavy atom. The summed E-state index contributed by atoms with van der Waals surface area (Å²) < 4.78 is 7.41.